The molecule has 0 aliphatic heterocycles. The summed E-state index contributed by atoms with van der Waals surface area (Å²) < 4.78 is 30.4. The molecule has 3 saturated carbocycles. The number of fused-ring (bicyclic) bond motifs is 1. The summed E-state index contributed by atoms with van der Waals surface area (Å²) in [7, 11) is -3.86. The predicted octanol–water partition coefficient (Wildman–Crippen LogP) is 9.18. The van der Waals surface area contributed by atoms with Crippen molar-refractivity contribution in [3.8, 4) is 11.1 Å². The number of thiophene rings is 2. The molecular formula is C45H49NO5S3. The molecule has 2 aromatic carbocycles. The minimum Gasteiger partial charge on any atom is -0.393 e. The summed E-state index contributed by atoms with van der Waals surface area (Å²) in [5, 5.41) is 28.0. The van der Waals surface area contributed by atoms with Crippen LogP contribution in [0.5, 0.6) is 0 Å². The maximum absolute atomic E-state index is 15.1. The lowest BCUT2D eigenvalue weighted by molar-refractivity contribution is -0.173. The number of aliphatic hydroxyl groups is 2. The zero-order chi connectivity index (χ0) is 37.6. The molecule has 2 heterocycles. The van der Waals surface area contributed by atoms with Crippen LogP contribution in [0.4, 0.5) is 0 Å². The van der Waals surface area contributed by atoms with Gasteiger partial charge in [-0.3, -0.25) is 4.79 Å². The average molecular weight is 780 g/mol. The molecule has 282 valence electrons. The fourth-order valence-corrected chi connectivity index (χ4v) is 15.3. The van der Waals surface area contributed by atoms with Crippen LogP contribution in [-0.4, -0.2) is 53.5 Å². The fourth-order valence-electron chi connectivity index (χ4n) is 12.0. The number of rotatable bonds is 10. The van der Waals surface area contributed by atoms with Crippen molar-refractivity contribution in [3.05, 3.63) is 124 Å². The van der Waals surface area contributed by atoms with E-state index >= 15 is 4.79 Å². The van der Waals surface area contributed by atoms with Crippen LogP contribution >= 0.6 is 22.7 Å². The van der Waals surface area contributed by atoms with E-state index in [0.29, 0.717) is 35.5 Å². The first kappa shape index (κ1) is 36.5. The van der Waals surface area contributed by atoms with E-state index in [-0.39, 0.29) is 36.1 Å². The van der Waals surface area contributed by atoms with Gasteiger partial charge in [-0.15, -0.1) is 22.7 Å². The number of hydrogen-bond donors (Lipinski definition) is 2. The monoisotopic (exact) mass is 779 g/mol. The largest absolute Gasteiger partial charge is 0.393 e. The lowest BCUT2D eigenvalue weighted by Gasteiger charge is -2.71. The molecule has 8 atom stereocenters. The highest BCUT2D eigenvalue weighted by atomic mass is 32.2. The Kier molecular flexibility index (Phi) is 8.73. The van der Waals surface area contributed by atoms with Crippen molar-refractivity contribution in [2.75, 3.05) is 13.1 Å². The Labute approximate surface area is 327 Å². The molecule has 0 saturated heterocycles. The van der Waals surface area contributed by atoms with Crippen LogP contribution in [0.25, 0.3) is 11.1 Å². The minimum atomic E-state index is -3.86. The van der Waals surface area contributed by atoms with E-state index < -0.39 is 38.0 Å². The van der Waals surface area contributed by atoms with Crippen LogP contribution in [0.1, 0.15) is 74.0 Å². The SMILES string of the molecule is C[C@]12CC[C@H]3[C@]4(C=C[C@@]5(C=C4C(=O)c4ccc(-c6ccccc6)cc4)CC(O)CC[C@]35C)[C@@H]1CC[C@@]2(O)CN(CCc1cccs1)S(=O)(=O)c1cccs1. The first-order valence-corrected chi connectivity index (χ1v) is 22.7. The zero-order valence-electron chi connectivity index (χ0n) is 31.0. The van der Waals surface area contributed by atoms with Gasteiger partial charge in [0.2, 0.25) is 0 Å². The van der Waals surface area contributed by atoms with Crippen LogP contribution in [0.15, 0.2) is 118 Å². The van der Waals surface area contributed by atoms with Crippen molar-refractivity contribution >= 4 is 38.5 Å². The molecule has 2 aromatic heterocycles. The van der Waals surface area contributed by atoms with E-state index in [9.17, 15) is 18.6 Å². The molecule has 2 bridgehead atoms. The van der Waals surface area contributed by atoms with Crippen molar-refractivity contribution in [3.63, 3.8) is 0 Å². The second kappa shape index (κ2) is 12.9. The van der Waals surface area contributed by atoms with Gasteiger partial charge in [-0.2, -0.15) is 4.31 Å². The molecule has 54 heavy (non-hydrogen) atoms. The van der Waals surface area contributed by atoms with E-state index in [0.717, 1.165) is 47.3 Å². The summed E-state index contributed by atoms with van der Waals surface area (Å²) in [6.07, 6.45) is 12.0. The summed E-state index contributed by atoms with van der Waals surface area (Å²) >= 11 is 2.83. The quantitative estimate of drug-likeness (QED) is 0.124. The Morgan fingerprint density at radius 2 is 1.50 bits per heavy atom. The highest BCUT2D eigenvalue weighted by Gasteiger charge is 2.74. The van der Waals surface area contributed by atoms with Gasteiger partial charge in [0, 0.05) is 45.3 Å². The van der Waals surface area contributed by atoms with E-state index in [2.05, 4.69) is 44.2 Å². The summed E-state index contributed by atoms with van der Waals surface area (Å²) in [5.41, 5.74) is 0.433. The number of allylic oxidation sites excluding steroid dienone is 4. The van der Waals surface area contributed by atoms with Gasteiger partial charge in [0.25, 0.3) is 10.0 Å². The number of carbonyl (C=O) groups is 1. The summed E-state index contributed by atoms with van der Waals surface area (Å²) in [6, 6.07) is 25.6. The number of sulfonamides is 1. The van der Waals surface area contributed by atoms with Crippen molar-refractivity contribution in [2.45, 2.75) is 81.1 Å². The smallest absolute Gasteiger partial charge is 0.252 e. The maximum Gasteiger partial charge on any atom is 0.252 e. The molecule has 0 amide bonds. The third kappa shape index (κ3) is 5.25. The van der Waals surface area contributed by atoms with Gasteiger partial charge in [0.05, 0.1) is 11.7 Å². The lowest BCUT2D eigenvalue weighted by Crippen LogP contribution is -2.67. The van der Waals surface area contributed by atoms with Crippen molar-refractivity contribution in [2.24, 2.45) is 33.5 Å². The van der Waals surface area contributed by atoms with E-state index in [1.807, 2.05) is 60.0 Å². The second-order valence-electron chi connectivity index (χ2n) is 17.2. The fraction of sp³-hybridized carbons (Fsp3) is 0.444. The molecule has 10 rings (SSSR count). The summed E-state index contributed by atoms with van der Waals surface area (Å²) in [5.74, 6) is 0.0950. The Morgan fingerprint density at radius 1 is 0.815 bits per heavy atom. The minimum absolute atomic E-state index is 0.0113. The third-order valence-corrected chi connectivity index (χ3v) is 19.1. The highest BCUT2D eigenvalue weighted by Crippen LogP contribution is 2.78. The van der Waals surface area contributed by atoms with Gasteiger partial charge >= 0.3 is 0 Å². The highest BCUT2D eigenvalue weighted by molar-refractivity contribution is 7.91. The number of nitrogens with zero attached hydrogens (tertiary/aromatic N) is 1. The number of carbonyl (C=O) groups excluding carboxylic acids is 1. The number of hydrogen-bond acceptors (Lipinski definition) is 7. The molecule has 2 spiro atoms. The molecule has 6 aliphatic rings. The summed E-state index contributed by atoms with van der Waals surface area (Å²) in [6.45, 7) is 4.86. The normalized spacial score (nSPS) is 35.4. The number of aliphatic hydroxyl groups excluding tert-OH is 1. The van der Waals surface area contributed by atoms with Crippen LogP contribution < -0.4 is 0 Å². The van der Waals surface area contributed by atoms with Gasteiger partial charge in [-0.25, -0.2) is 8.42 Å². The Balaban J connectivity index is 1.11. The Morgan fingerprint density at radius 3 is 2.22 bits per heavy atom. The molecule has 4 aromatic rings. The molecule has 2 N–H and O–H groups in total. The lowest BCUT2D eigenvalue weighted by atomic mass is 9.32. The molecule has 6 aliphatic carbocycles. The van der Waals surface area contributed by atoms with Gasteiger partial charge in [-0.05, 0) is 103 Å². The molecular weight excluding hydrogens is 731 g/mol. The van der Waals surface area contributed by atoms with Gasteiger partial charge in [0.15, 0.2) is 5.78 Å². The molecule has 3 fully saturated rings. The van der Waals surface area contributed by atoms with Gasteiger partial charge in [-0.1, -0.05) is 98.8 Å². The molecule has 0 radical (unpaired) electrons. The maximum atomic E-state index is 15.1. The van der Waals surface area contributed by atoms with E-state index in [1.54, 1.807) is 33.2 Å². The summed E-state index contributed by atoms with van der Waals surface area (Å²) in [4.78, 5) is 16.2. The first-order chi connectivity index (χ1) is 25.9. The van der Waals surface area contributed by atoms with Crippen LogP contribution in [0.2, 0.25) is 0 Å². The Hall–Kier alpha value is -3.18. The van der Waals surface area contributed by atoms with Crippen LogP contribution in [-0.2, 0) is 16.4 Å². The van der Waals surface area contributed by atoms with Crippen molar-refractivity contribution < 1.29 is 23.4 Å². The Bertz CT molecular complexity index is 2210. The predicted molar refractivity (Wildman–Crippen MR) is 216 cm³/mol. The second-order valence-corrected chi connectivity index (χ2v) is 21.3. The topological polar surface area (TPSA) is 94.9 Å². The van der Waals surface area contributed by atoms with Crippen LogP contribution in [0.3, 0.4) is 0 Å². The van der Waals surface area contributed by atoms with Gasteiger partial charge < -0.3 is 10.2 Å². The third-order valence-electron chi connectivity index (χ3n) is 14.9. The van der Waals surface area contributed by atoms with Crippen LogP contribution in [0, 0.1) is 33.5 Å². The number of benzene rings is 2. The number of Topliss-reactive ketones (excluding diaryl/α,β-unsaturated/α-hetero) is 1. The zero-order valence-corrected chi connectivity index (χ0v) is 33.4. The average Bonchev–Trinajstić information content (AvgIpc) is 3.96. The number of ketones is 1. The molecule has 6 nitrogen and oxygen atoms in total. The van der Waals surface area contributed by atoms with E-state index in [4.69, 9.17) is 0 Å². The van der Waals surface area contributed by atoms with Crippen molar-refractivity contribution in [1.82, 2.24) is 4.31 Å². The van der Waals surface area contributed by atoms with Gasteiger partial charge in [0.1, 0.15) is 4.21 Å². The van der Waals surface area contributed by atoms with Crippen molar-refractivity contribution in [1.29, 1.82) is 0 Å². The molecule has 1 unspecified atom stereocenters. The molecule has 9 heteroatoms. The first-order valence-electron chi connectivity index (χ1n) is 19.5. The van der Waals surface area contributed by atoms with E-state index in [1.165, 1.54) is 11.3 Å². The standard InChI is InChI=1S/C45H49NO5S3/c1-41-20-16-34(47)28-43(41)23-24-45(36(29-43)40(48)33-14-12-32(13-15-33)31-8-4-3-5-9-31)37(41)17-21-42(2)38(45)18-22-44(42,49)30-46(25-19-35-10-6-26-52-35)54(50,51)39-11-7-27-53-39/h3-15,23-24,26-27,29,34,37-38,47,49H,16-22,25,28,30H2,1-2H3/t34?,37-,38-,41-,42+,43+,44-,45-/m1/s1.